The molecule has 2 heterocycles. The number of fused-ring (bicyclic) bond motifs is 1. The lowest BCUT2D eigenvalue weighted by Crippen LogP contribution is -2.45. The quantitative estimate of drug-likeness (QED) is 0.0962. The second-order valence-corrected chi connectivity index (χ2v) is 10.4. The minimum atomic E-state index is -4.81. The number of hydrogen-bond acceptors (Lipinski definition) is 7. The summed E-state index contributed by atoms with van der Waals surface area (Å²) in [5, 5.41) is 9.87. The van der Waals surface area contributed by atoms with E-state index in [1.54, 1.807) is 38.1 Å². The van der Waals surface area contributed by atoms with Crippen LogP contribution in [0.1, 0.15) is 35.3 Å². The van der Waals surface area contributed by atoms with Crippen molar-refractivity contribution in [2.75, 3.05) is 29.2 Å². The molecule has 3 aromatic carbocycles. The standard InChI is InChI=1S/C33H29F4N5O6/c1-3-47-30(44)21-8-6-5-7-20(21)19-9-10-24(23(34)13-19)41-32(46)38-16-18-11-12-42(17-18)27-15-26-25(14-22(27)33(35,36)37)40-29(43)28(39-26)31(45)48-4-2/h5-15,17,28,39H,3-4,16H2,1-2H3,(H,40,43)(H2,38,41,46). The lowest BCUT2D eigenvalue weighted by Gasteiger charge is -2.27. The Balaban J connectivity index is 1.29. The molecule has 250 valence electrons. The molecule has 0 aliphatic carbocycles. The molecule has 1 unspecified atom stereocenters. The van der Waals surface area contributed by atoms with Gasteiger partial charge >= 0.3 is 24.1 Å². The number of aromatic nitrogens is 1. The fraction of sp³-hybridized carbons (Fsp3) is 0.212. The Morgan fingerprint density at radius 3 is 2.42 bits per heavy atom. The predicted octanol–water partition coefficient (Wildman–Crippen LogP) is 6.10. The van der Waals surface area contributed by atoms with Crippen LogP contribution in [0.2, 0.25) is 0 Å². The number of ether oxygens (including phenoxy) is 2. The molecule has 48 heavy (non-hydrogen) atoms. The Hall–Kier alpha value is -5.86. The lowest BCUT2D eigenvalue weighted by atomic mass is 9.99. The third-order valence-electron chi connectivity index (χ3n) is 7.22. The highest BCUT2D eigenvalue weighted by atomic mass is 19.4. The van der Waals surface area contributed by atoms with Crippen LogP contribution in [0.3, 0.4) is 0 Å². The van der Waals surface area contributed by atoms with E-state index < -0.39 is 47.5 Å². The van der Waals surface area contributed by atoms with Gasteiger partial charge in [0.1, 0.15) is 5.82 Å². The van der Waals surface area contributed by atoms with E-state index in [0.717, 1.165) is 12.1 Å². The van der Waals surface area contributed by atoms with E-state index in [1.165, 1.54) is 41.2 Å². The molecule has 1 aliphatic heterocycles. The van der Waals surface area contributed by atoms with Crippen molar-refractivity contribution in [1.29, 1.82) is 0 Å². The zero-order chi connectivity index (χ0) is 34.6. The van der Waals surface area contributed by atoms with Gasteiger partial charge in [0, 0.05) is 18.9 Å². The summed E-state index contributed by atoms with van der Waals surface area (Å²) in [5.41, 5.74) is -0.109. The molecule has 5 rings (SSSR count). The summed E-state index contributed by atoms with van der Waals surface area (Å²) >= 11 is 0. The average molecular weight is 668 g/mol. The maximum absolute atomic E-state index is 15.0. The van der Waals surface area contributed by atoms with E-state index >= 15 is 4.39 Å². The summed E-state index contributed by atoms with van der Waals surface area (Å²) in [4.78, 5) is 49.5. The third-order valence-corrected chi connectivity index (χ3v) is 7.22. The molecule has 0 bridgehead atoms. The minimum Gasteiger partial charge on any atom is -0.464 e. The van der Waals surface area contributed by atoms with Crippen LogP contribution in [-0.4, -0.2) is 47.7 Å². The third kappa shape index (κ3) is 7.24. The molecule has 3 amide bonds. The molecule has 11 nitrogen and oxygen atoms in total. The first-order chi connectivity index (χ1) is 22.9. The smallest absolute Gasteiger partial charge is 0.418 e. The first-order valence-electron chi connectivity index (χ1n) is 14.7. The van der Waals surface area contributed by atoms with Gasteiger partial charge in [-0.15, -0.1) is 0 Å². The zero-order valence-electron chi connectivity index (χ0n) is 25.5. The molecule has 1 aliphatic rings. The van der Waals surface area contributed by atoms with E-state index in [2.05, 4.69) is 21.3 Å². The number of nitrogens with one attached hydrogen (secondary N) is 4. The molecule has 1 aromatic heterocycles. The Kier molecular flexibility index (Phi) is 9.68. The van der Waals surface area contributed by atoms with Crippen LogP contribution in [0.4, 0.5) is 39.4 Å². The number of rotatable bonds is 9. The van der Waals surface area contributed by atoms with Gasteiger partial charge < -0.3 is 35.3 Å². The van der Waals surface area contributed by atoms with E-state index in [4.69, 9.17) is 9.47 Å². The Bertz CT molecular complexity index is 1890. The molecule has 0 radical (unpaired) electrons. The highest BCUT2D eigenvalue weighted by Crippen LogP contribution is 2.40. The summed E-state index contributed by atoms with van der Waals surface area (Å²) in [6, 6.07) is 11.7. The molecular weight excluding hydrogens is 638 g/mol. The van der Waals surface area contributed by atoms with E-state index in [-0.39, 0.29) is 48.1 Å². The number of amides is 3. The Labute approximate surface area is 271 Å². The van der Waals surface area contributed by atoms with Gasteiger partial charge in [-0.3, -0.25) is 4.79 Å². The average Bonchev–Trinajstić information content (AvgIpc) is 3.53. The van der Waals surface area contributed by atoms with E-state index in [0.29, 0.717) is 16.7 Å². The van der Waals surface area contributed by atoms with Crippen LogP contribution in [0.5, 0.6) is 0 Å². The van der Waals surface area contributed by atoms with Gasteiger partial charge in [0.15, 0.2) is 0 Å². The summed E-state index contributed by atoms with van der Waals surface area (Å²) in [6.07, 6.45) is -2.10. The number of benzene rings is 3. The largest absolute Gasteiger partial charge is 0.464 e. The summed E-state index contributed by atoms with van der Waals surface area (Å²) in [7, 11) is 0. The maximum Gasteiger partial charge on any atom is 0.418 e. The number of esters is 2. The molecule has 0 saturated heterocycles. The number of urea groups is 1. The van der Waals surface area contributed by atoms with Gasteiger partial charge in [-0.05, 0) is 66.9 Å². The van der Waals surface area contributed by atoms with Crippen molar-refractivity contribution >= 4 is 40.9 Å². The molecule has 0 fully saturated rings. The van der Waals surface area contributed by atoms with Gasteiger partial charge in [-0.2, -0.15) is 13.2 Å². The lowest BCUT2D eigenvalue weighted by molar-refractivity contribution is -0.146. The summed E-state index contributed by atoms with van der Waals surface area (Å²) < 4.78 is 68.4. The van der Waals surface area contributed by atoms with Crippen LogP contribution >= 0.6 is 0 Å². The van der Waals surface area contributed by atoms with Crippen LogP contribution in [-0.2, 0) is 31.8 Å². The first-order valence-corrected chi connectivity index (χ1v) is 14.7. The highest BCUT2D eigenvalue weighted by Gasteiger charge is 2.38. The van der Waals surface area contributed by atoms with Crippen molar-refractivity contribution in [3.05, 3.63) is 95.6 Å². The summed E-state index contributed by atoms with van der Waals surface area (Å²) in [6.45, 7) is 3.27. The van der Waals surface area contributed by atoms with Crippen molar-refractivity contribution in [3.8, 4) is 16.8 Å². The molecule has 4 N–H and O–H groups in total. The van der Waals surface area contributed by atoms with Crippen molar-refractivity contribution in [2.45, 2.75) is 32.6 Å². The molecule has 0 spiro atoms. The second kappa shape index (κ2) is 13.9. The van der Waals surface area contributed by atoms with Crippen molar-refractivity contribution in [1.82, 2.24) is 9.88 Å². The van der Waals surface area contributed by atoms with Crippen molar-refractivity contribution < 1.29 is 46.2 Å². The fourth-order valence-electron chi connectivity index (χ4n) is 5.02. The minimum absolute atomic E-state index is 0.00239. The van der Waals surface area contributed by atoms with E-state index in [9.17, 15) is 32.3 Å². The molecule has 4 aromatic rings. The molecule has 15 heteroatoms. The number of carbonyl (C=O) groups excluding carboxylic acids is 4. The van der Waals surface area contributed by atoms with Crippen molar-refractivity contribution in [2.24, 2.45) is 0 Å². The number of alkyl halides is 3. The molecular formula is C33H29F4N5O6. The normalized spacial score (nSPS) is 13.9. The van der Waals surface area contributed by atoms with Gasteiger partial charge in [-0.1, -0.05) is 24.3 Å². The zero-order valence-corrected chi connectivity index (χ0v) is 25.5. The Morgan fingerprint density at radius 1 is 0.958 bits per heavy atom. The van der Waals surface area contributed by atoms with Crippen LogP contribution in [0, 0.1) is 5.82 Å². The fourth-order valence-corrected chi connectivity index (χ4v) is 5.02. The van der Waals surface area contributed by atoms with Crippen molar-refractivity contribution in [3.63, 3.8) is 0 Å². The molecule has 0 saturated carbocycles. The first kappa shape index (κ1) is 33.5. The maximum atomic E-state index is 15.0. The Morgan fingerprint density at radius 2 is 1.71 bits per heavy atom. The van der Waals surface area contributed by atoms with Gasteiger partial charge in [-0.25, -0.2) is 18.8 Å². The number of hydrogen-bond donors (Lipinski definition) is 4. The number of halogens is 4. The SMILES string of the molecule is CCOC(=O)c1ccccc1-c1ccc(NC(=O)NCc2ccn(-c3cc4c(cc3C(F)(F)F)NC(=O)C(C(=O)OCC)N4)c2)c(F)c1. The number of nitrogens with zero attached hydrogens (tertiary/aromatic N) is 1. The highest BCUT2D eigenvalue weighted by molar-refractivity contribution is 6.14. The van der Waals surface area contributed by atoms with Gasteiger partial charge in [0.05, 0.1) is 47.1 Å². The summed E-state index contributed by atoms with van der Waals surface area (Å²) in [5.74, 6) is -3.07. The monoisotopic (exact) mass is 667 g/mol. The van der Waals surface area contributed by atoms with Gasteiger partial charge in [0.25, 0.3) is 5.91 Å². The topological polar surface area (TPSA) is 140 Å². The van der Waals surface area contributed by atoms with Gasteiger partial charge in [0.2, 0.25) is 6.04 Å². The van der Waals surface area contributed by atoms with Crippen LogP contribution in [0.25, 0.3) is 16.8 Å². The molecule has 1 atom stereocenters. The van der Waals surface area contributed by atoms with Crippen LogP contribution < -0.4 is 21.3 Å². The van der Waals surface area contributed by atoms with E-state index in [1.807, 2.05) is 0 Å². The predicted molar refractivity (Wildman–Crippen MR) is 167 cm³/mol. The second-order valence-electron chi connectivity index (χ2n) is 10.4. The number of anilines is 3. The van der Waals surface area contributed by atoms with Crippen LogP contribution in [0.15, 0.2) is 73.1 Å². The number of carbonyl (C=O) groups is 4.